The molecule has 0 atom stereocenters. The summed E-state index contributed by atoms with van der Waals surface area (Å²) in [6.07, 6.45) is -4.89. The summed E-state index contributed by atoms with van der Waals surface area (Å²) in [4.78, 5) is 12.0. The molecule has 0 aliphatic carbocycles. The number of alkyl halides is 3. The maximum absolute atomic E-state index is 12.4. The van der Waals surface area contributed by atoms with E-state index in [9.17, 15) is 26.4 Å². The van der Waals surface area contributed by atoms with E-state index < -0.39 is 27.2 Å². The molecule has 0 saturated carbocycles. The third-order valence-electron chi connectivity index (χ3n) is 3.76. The molecule has 1 fully saturated rings. The Morgan fingerprint density at radius 3 is 2.09 bits per heavy atom. The molecule has 0 aromatic heterocycles. The number of likely N-dealkylation sites (tertiary alicyclic amines) is 1. The molecule has 1 aliphatic rings. The van der Waals surface area contributed by atoms with Gasteiger partial charge in [0, 0.05) is 13.1 Å². The highest BCUT2D eigenvalue weighted by Crippen LogP contribution is 2.27. The van der Waals surface area contributed by atoms with Gasteiger partial charge in [-0.25, -0.2) is 8.42 Å². The molecule has 0 radical (unpaired) electrons. The molecule has 2 rings (SSSR count). The number of carbonyl (C=O) groups is 1. The number of hydrogen-bond acceptors (Lipinski definition) is 3. The van der Waals surface area contributed by atoms with Crippen LogP contribution in [0.4, 0.5) is 13.2 Å². The molecule has 1 saturated heterocycles. The third kappa shape index (κ3) is 3.45. The summed E-state index contributed by atoms with van der Waals surface area (Å²) in [6.45, 7) is -0.401. The van der Waals surface area contributed by atoms with Gasteiger partial charge in [-0.05, 0) is 25.0 Å². The minimum absolute atomic E-state index is 0.0119. The maximum atomic E-state index is 12.4. The third-order valence-corrected chi connectivity index (χ3v) is 6.04. The highest BCUT2D eigenvalue weighted by atomic mass is 32.2. The molecule has 1 aliphatic heterocycles. The molecule has 1 aromatic carbocycles. The van der Waals surface area contributed by atoms with Gasteiger partial charge in [0.1, 0.15) is 7.85 Å². The lowest BCUT2D eigenvalue weighted by Crippen LogP contribution is -2.47. The molecular formula is C13H15BF3NO3S. The van der Waals surface area contributed by atoms with Crippen molar-refractivity contribution in [3.63, 3.8) is 0 Å². The summed E-state index contributed by atoms with van der Waals surface area (Å²) >= 11 is 0. The molecule has 1 heterocycles. The molecule has 1 aromatic rings. The standard InChI is InChI=1S/C13H15BF3NO3S/c14-9-1-3-10(4-2-9)22(20,21)11-5-7-18(8-6-11)12(19)13(15,16)17/h1-4,11H,5-8,14H2. The van der Waals surface area contributed by atoms with Gasteiger partial charge < -0.3 is 4.90 Å². The summed E-state index contributed by atoms with van der Waals surface area (Å²) in [5.41, 5.74) is 0.921. The molecule has 0 spiro atoms. The number of sulfone groups is 1. The SMILES string of the molecule is Bc1ccc(S(=O)(=O)C2CCN(C(=O)C(F)(F)F)CC2)cc1. The zero-order valence-electron chi connectivity index (χ0n) is 11.9. The zero-order valence-corrected chi connectivity index (χ0v) is 12.7. The second-order valence-corrected chi connectivity index (χ2v) is 7.58. The number of rotatable bonds is 2. The number of nitrogens with zero attached hydrogens (tertiary/aromatic N) is 1. The number of benzene rings is 1. The quantitative estimate of drug-likeness (QED) is 0.731. The Bertz CT molecular complexity index is 650. The van der Waals surface area contributed by atoms with E-state index in [0.29, 0.717) is 4.90 Å². The van der Waals surface area contributed by atoms with Gasteiger partial charge in [-0.15, -0.1) is 0 Å². The van der Waals surface area contributed by atoms with Gasteiger partial charge in [-0.1, -0.05) is 17.6 Å². The van der Waals surface area contributed by atoms with Gasteiger partial charge >= 0.3 is 12.1 Å². The fraction of sp³-hybridized carbons (Fsp3) is 0.462. The van der Waals surface area contributed by atoms with Crippen LogP contribution < -0.4 is 5.46 Å². The normalized spacial score (nSPS) is 17.5. The summed E-state index contributed by atoms with van der Waals surface area (Å²) in [6, 6.07) is 6.35. The minimum Gasteiger partial charge on any atom is -0.335 e. The second-order valence-electron chi connectivity index (χ2n) is 5.35. The summed E-state index contributed by atoms with van der Waals surface area (Å²) in [5.74, 6) is -1.90. The van der Waals surface area contributed by atoms with E-state index in [1.807, 2.05) is 7.85 Å². The molecule has 0 unspecified atom stereocenters. The van der Waals surface area contributed by atoms with E-state index >= 15 is 0 Å². The lowest BCUT2D eigenvalue weighted by Gasteiger charge is -2.32. The van der Waals surface area contributed by atoms with Crippen molar-refractivity contribution in [3.8, 4) is 0 Å². The van der Waals surface area contributed by atoms with Crippen molar-refractivity contribution in [2.24, 2.45) is 0 Å². The molecule has 4 nitrogen and oxygen atoms in total. The van der Waals surface area contributed by atoms with E-state index in [0.717, 1.165) is 5.46 Å². The van der Waals surface area contributed by atoms with Crippen molar-refractivity contribution in [1.29, 1.82) is 0 Å². The Balaban J connectivity index is 2.08. The van der Waals surface area contributed by atoms with Crippen LogP contribution >= 0.6 is 0 Å². The molecule has 0 bridgehead atoms. The minimum atomic E-state index is -4.91. The van der Waals surface area contributed by atoms with Crippen LogP contribution in [0.1, 0.15) is 12.8 Å². The van der Waals surface area contributed by atoms with Gasteiger partial charge in [0.2, 0.25) is 0 Å². The molecular weight excluding hydrogens is 318 g/mol. The van der Waals surface area contributed by atoms with Gasteiger partial charge in [-0.2, -0.15) is 13.2 Å². The highest BCUT2D eigenvalue weighted by Gasteiger charge is 2.44. The number of carbonyl (C=O) groups excluding carboxylic acids is 1. The van der Waals surface area contributed by atoms with Crippen molar-refractivity contribution in [2.45, 2.75) is 29.2 Å². The Kier molecular flexibility index (Phi) is 4.55. The summed E-state index contributed by atoms with van der Waals surface area (Å²) in [5, 5.41) is -0.757. The molecule has 1 amide bonds. The first kappa shape index (κ1) is 16.9. The van der Waals surface area contributed by atoms with E-state index in [1.165, 1.54) is 12.1 Å². The van der Waals surface area contributed by atoms with E-state index in [2.05, 4.69) is 0 Å². The smallest absolute Gasteiger partial charge is 0.335 e. The van der Waals surface area contributed by atoms with Gasteiger partial charge in [0.25, 0.3) is 0 Å². The molecule has 22 heavy (non-hydrogen) atoms. The van der Waals surface area contributed by atoms with E-state index in [1.54, 1.807) is 12.1 Å². The van der Waals surface area contributed by atoms with Crippen LogP contribution in [0.2, 0.25) is 0 Å². The predicted octanol–water partition coefficient (Wildman–Crippen LogP) is 0.272. The van der Waals surface area contributed by atoms with Crippen molar-refractivity contribution < 1.29 is 26.4 Å². The topological polar surface area (TPSA) is 54.5 Å². The van der Waals surface area contributed by atoms with E-state index in [4.69, 9.17) is 0 Å². The van der Waals surface area contributed by atoms with Gasteiger partial charge in [0.15, 0.2) is 9.84 Å². The highest BCUT2D eigenvalue weighted by molar-refractivity contribution is 7.92. The average molecular weight is 333 g/mol. The number of amides is 1. The largest absolute Gasteiger partial charge is 0.471 e. The molecule has 120 valence electrons. The number of piperidine rings is 1. The van der Waals surface area contributed by atoms with Crippen LogP contribution in [0.5, 0.6) is 0 Å². The van der Waals surface area contributed by atoms with Crippen LogP contribution in [0, 0.1) is 0 Å². The summed E-state index contributed by atoms with van der Waals surface area (Å²) < 4.78 is 62.0. The number of hydrogen-bond donors (Lipinski definition) is 0. The Morgan fingerprint density at radius 2 is 1.64 bits per heavy atom. The second kappa shape index (κ2) is 5.94. The Morgan fingerprint density at radius 1 is 1.14 bits per heavy atom. The number of halogens is 3. The van der Waals surface area contributed by atoms with Crippen LogP contribution in [0.15, 0.2) is 29.2 Å². The van der Waals surface area contributed by atoms with Crippen LogP contribution in [-0.4, -0.2) is 51.6 Å². The maximum Gasteiger partial charge on any atom is 0.471 e. The lowest BCUT2D eigenvalue weighted by atomic mass is 9.97. The van der Waals surface area contributed by atoms with Crippen molar-refractivity contribution in [1.82, 2.24) is 4.90 Å². The van der Waals surface area contributed by atoms with Gasteiger partial charge in [0.05, 0.1) is 10.1 Å². The van der Waals surface area contributed by atoms with Gasteiger partial charge in [-0.3, -0.25) is 4.79 Å². The monoisotopic (exact) mass is 333 g/mol. The van der Waals surface area contributed by atoms with Crippen LogP contribution in [0.25, 0.3) is 0 Å². The van der Waals surface area contributed by atoms with Crippen molar-refractivity contribution in [2.75, 3.05) is 13.1 Å². The first-order chi connectivity index (χ1) is 10.1. The van der Waals surface area contributed by atoms with Crippen LogP contribution in [0.3, 0.4) is 0 Å². The van der Waals surface area contributed by atoms with Crippen LogP contribution in [-0.2, 0) is 14.6 Å². The lowest BCUT2D eigenvalue weighted by molar-refractivity contribution is -0.186. The first-order valence-corrected chi connectivity index (χ1v) is 8.33. The molecule has 9 heteroatoms. The zero-order chi connectivity index (χ0) is 16.5. The first-order valence-electron chi connectivity index (χ1n) is 6.79. The predicted molar refractivity (Wildman–Crippen MR) is 77.5 cm³/mol. The average Bonchev–Trinajstić information content (AvgIpc) is 2.46. The fourth-order valence-electron chi connectivity index (χ4n) is 2.47. The Hall–Kier alpha value is -1.51. The van der Waals surface area contributed by atoms with E-state index in [-0.39, 0.29) is 30.8 Å². The summed E-state index contributed by atoms with van der Waals surface area (Å²) in [7, 11) is -1.75. The Labute approximate surface area is 127 Å². The van der Waals surface area contributed by atoms with Crippen molar-refractivity contribution in [3.05, 3.63) is 24.3 Å². The van der Waals surface area contributed by atoms with Crippen molar-refractivity contribution >= 4 is 29.1 Å². The fourth-order valence-corrected chi connectivity index (χ4v) is 4.20. The molecule has 0 N–H and O–H groups in total.